The number of hydrogen-bond donors (Lipinski definition) is 2. The quantitative estimate of drug-likeness (QED) is 0.778. The molecule has 0 saturated carbocycles. The Hall–Kier alpha value is -2.13. The normalized spacial score (nSPS) is 26.6. The smallest absolute Gasteiger partial charge is 0.475 e. The second kappa shape index (κ2) is 7.28. The Morgan fingerprint density at radius 3 is 2.62 bits per heavy atom. The molecule has 6 nitrogen and oxygen atoms in total. The average molecular weight is 412 g/mol. The number of ketones is 1. The first kappa shape index (κ1) is 20.2. The van der Waals surface area contributed by atoms with Crippen LogP contribution >= 0.6 is 0 Å². The fourth-order valence-corrected chi connectivity index (χ4v) is 4.74. The molecule has 9 heteroatoms. The van der Waals surface area contributed by atoms with E-state index in [9.17, 15) is 18.0 Å². The molecule has 0 aromatic heterocycles. The van der Waals surface area contributed by atoms with E-state index in [0.29, 0.717) is 24.2 Å². The predicted octanol–water partition coefficient (Wildman–Crippen LogP) is 2.72. The number of ether oxygens (including phenoxy) is 1. The first-order chi connectivity index (χ1) is 13.7. The predicted molar refractivity (Wildman–Crippen MR) is 98.4 cm³/mol. The number of nitrogens with zero attached hydrogens (tertiary/aromatic N) is 1. The van der Waals surface area contributed by atoms with Gasteiger partial charge in [0.05, 0.1) is 11.7 Å². The minimum absolute atomic E-state index is 0.137. The summed E-state index contributed by atoms with van der Waals surface area (Å²) in [5, 5.41) is 10.5. The van der Waals surface area contributed by atoms with Gasteiger partial charge in [0.1, 0.15) is 0 Å². The van der Waals surface area contributed by atoms with Gasteiger partial charge in [-0.3, -0.25) is 4.79 Å². The van der Waals surface area contributed by atoms with Crippen LogP contribution in [0.3, 0.4) is 0 Å². The van der Waals surface area contributed by atoms with Crippen molar-refractivity contribution >= 4 is 17.4 Å². The number of anilines is 1. The number of hydrogen-bond acceptors (Lipinski definition) is 5. The number of alkyl halides is 3. The molecule has 2 unspecified atom stereocenters. The molecule has 1 aliphatic carbocycles. The summed E-state index contributed by atoms with van der Waals surface area (Å²) in [6.07, 6.45) is -0.666. The maximum Gasteiger partial charge on any atom is 0.490 e. The van der Waals surface area contributed by atoms with Crippen LogP contribution in [0.1, 0.15) is 47.5 Å². The number of carboxylic acid groups (broad SMARTS) is 1. The second-order valence-electron chi connectivity index (χ2n) is 8.17. The third kappa shape index (κ3) is 3.85. The van der Waals surface area contributed by atoms with Gasteiger partial charge in [-0.05, 0) is 30.9 Å². The Morgan fingerprint density at radius 2 is 2.03 bits per heavy atom. The molecule has 2 saturated heterocycles. The molecule has 2 atom stereocenters. The van der Waals surface area contributed by atoms with Crippen LogP contribution in [0.5, 0.6) is 0 Å². The summed E-state index contributed by atoms with van der Waals surface area (Å²) in [5.74, 6) is -1.89. The zero-order valence-corrected chi connectivity index (χ0v) is 15.8. The number of aliphatic carboxylic acids is 1. The van der Waals surface area contributed by atoms with Crippen LogP contribution in [-0.2, 0) is 9.53 Å². The molecule has 1 aromatic rings. The van der Waals surface area contributed by atoms with E-state index in [-0.39, 0.29) is 5.60 Å². The lowest BCUT2D eigenvalue weighted by atomic mass is 9.83. The summed E-state index contributed by atoms with van der Waals surface area (Å²) >= 11 is 0. The lowest BCUT2D eigenvalue weighted by Gasteiger charge is -2.39. The molecule has 3 heterocycles. The molecular weight excluding hydrogens is 389 g/mol. The number of carbonyl (C=O) groups excluding carboxylic acids is 1. The van der Waals surface area contributed by atoms with Gasteiger partial charge in [0, 0.05) is 49.8 Å². The van der Waals surface area contributed by atoms with Crippen molar-refractivity contribution in [3.63, 3.8) is 0 Å². The number of nitrogens with one attached hydrogen (secondary N) is 1. The summed E-state index contributed by atoms with van der Waals surface area (Å²) in [6.45, 7) is 4.07. The van der Waals surface area contributed by atoms with Crippen LogP contribution in [0.15, 0.2) is 18.2 Å². The Labute approximate surface area is 166 Å². The van der Waals surface area contributed by atoms with Crippen LogP contribution in [0.2, 0.25) is 0 Å². The van der Waals surface area contributed by atoms with E-state index < -0.39 is 12.1 Å². The summed E-state index contributed by atoms with van der Waals surface area (Å²) in [5.41, 5.74) is 3.71. The van der Waals surface area contributed by atoms with Crippen molar-refractivity contribution < 1.29 is 32.6 Å². The van der Waals surface area contributed by atoms with Crippen molar-refractivity contribution in [2.75, 3.05) is 31.1 Å². The molecule has 2 N–H and O–H groups in total. The highest BCUT2D eigenvalue weighted by molar-refractivity contribution is 6.01. The number of halogens is 3. The Morgan fingerprint density at radius 1 is 1.31 bits per heavy atom. The highest BCUT2D eigenvalue weighted by atomic mass is 19.4. The van der Waals surface area contributed by atoms with E-state index in [4.69, 9.17) is 14.6 Å². The van der Waals surface area contributed by atoms with E-state index in [1.54, 1.807) is 0 Å². The van der Waals surface area contributed by atoms with Crippen LogP contribution in [-0.4, -0.2) is 60.9 Å². The fraction of sp³-hybridized carbons (Fsp3) is 0.600. The third-order valence-electron chi connectivity index (χ3n) is 6.19. The fourth-order valence-electron chi connectivity index (χ4n) is 4.74. The van der Waals surface area contributed by atoms with Crippen LogP contribution in [0.4, 0.5) is 18.9 Å². The number of benzene rings is 1. The largest absolute Gasteiger partial charge is 0.490 e. The summed E-state index contributed by atoms with van der Waals surface area (Å²) in [6, 6.07) is 6.24. The third-order valence-corrected chi connectivity index (χ3v) is 6.19. The minimum Gasteiger partial charge on any atom is -0.475 e. The van der Waals surface area contributed by atoms with E-state index in [1.807, 2.05) is 12.1 Å². The average Bonchev–Trinajstić information content (AvgIpc) is 3.22. The van der Waals surface area contributed by atoms with Crippen molar-refractivity contribution in [2.24, 2.45) is 0 Å². The van der Waals surface area contributed by atoms with Crippen molar-refractivity contribution in [2.45, 2.75) is 49.5 Å². The molecule has 2 fully saturated rings. The first-order valence-electron chi connectivity index (χ1n) is 9.78. The van der Waals surface area contributed by atoms with Gasteiger partial charge in [-0.2, -0.15) is 13.2 Å². The highest BCUT2D eigenvalue weighted by Gasteiger charge is 2.46. The number of Topliss-reactive ketones (excluding diaryl/α,β-unsaturated/α-hetero) is 1. The molecule has 3 aliphatic heterocycles. The molecule has 0 bridgehead atoms. The second-order valence-corrected chi connectivity index (χ2v) is 8.17. The maximum atomic E-state index is 12.1. The van der Waals surface area contributed by atoms with E-state index in [0.717, 1.165) is 44.6 Å². The molecule has 158 valence electrons. The number of rotatable bonds is 2. The van der Waals surface area contributed by atoms with Gasteiger partial charge in [0.25, 0.3) is 0 Å². The zero-order valence-electron chi connectivity index (χ0n) is 15.8. The zero-order chi connectivity index (χ0) is 20.8. The first-order valence-corrected chi connectivity index (χ1v) is 9.78. The van der Waals surface area contributed by atoms with Gasteiger partial charge in [-0.15, -0.1) is 0 Å². The van der Waals surface area contributed by atoms with E-state index >= 15 is 0 Å². The Bertz CT molecular complexity index is 822. The van der Waals surface area contributed by atoms with E-state index in [1.165, 1.54) is 17.7 Å². The summed E-state index contributed by atoms with van der Waals surface area (Å²) in [7, 11) is 0. The standard InChI is InChI=1S/C18H22N2O2.C2HF3O2/c21-16-5-4-12-8-20(15-3-1-2-14(16)17(12)15)9-13-6-7-18(22-13)10-19-11-18;3-2(4,5)1(6)7/h1-3,12-13,19H,4-11H2;(H,6,7). The Balaban J connectivity index is 0.000000255. The molecular formula is C20H23F3N2O4. The van der Waals surface area contributed by atoms with Crippen molar-refractivity contribution in [3.05, 3.63) is 29.3 Å². The number of carbonyl (C=O) groups is 2. The van der Waals surface area contributed by atoms with Gasteiger partial charge in [-0.25, -0.2) is 4.79 Å². The molecule has 0 radical (unpaired) electrons. The topological polar surface area (TPSA) is 78.9 Å². The summed E-state index contributed by atoms with van der Waals surface area (Å²) < 4.78 is 38.1. The van der Waals surface area contributed by atoms with Gasteiger partial charge < -0.3 is 20.1 Å². The Kier molecular flexibility index (Phi) is 5.06. The van der Waals surface area contributed by atoms with Gasteiger partial charge >= 0.3 is 12.1 Å². The van der Waals surface area contributed by atoms with Crippen LogP contribution in [0.25, 0.3) is 0 Å². The summed E-state index contributed by atoms with van der Waals surface area (Å²) in [4.78, 5) is 23.5. The lowest BCUT2D eigenvalue weighted by molar-refractivity contribution is -0.192. The molecule has 4 aliphatic rings. The molecule has 5 rings (SSSR count). The molecule has 0 amide bonds. The van der Waals surface area contributed by atoms with Crippen molar-refractivity contribution in [3.8, 4) is 0 Å². The van der Waals surface area contributed by atoms with Gasteiger partial charge in [0.15, 0.2) is 5.78 Å². The van der Waals surface area contributed by atoms with Gasteiger partial charge in [0.2, 0.25) is 0 Å². The van der Waals surface area contributed by atoms with Gasteiger partial charge in [-0.1, -0.05) is 12.1 Å². The number of carboxylic acids is 1. The monoisotopic (exact) mass is 412 g/mol. The maximum absolute atomic E-state index is 12.1. The molecule has 1 aromatic carbocycles. The van der Waals surface area contributed by atoms with Crippen LogP contribution in [0, 0.1) is 0 Å². The minimum atomic E-state index is -5.08. The van der Waals surface area contributed by atoms with Crippen LogP contribution < -0.4 is 10.2 Å². The lowest BCUT2D eigenvalue weighted by Crippen LogP contribution is -2.59. The van der Waals surface area contributed by atoms with Crippen molar-refractivity contribution in [1.29, 1.82) is 0 Å². The SMILES string of the molecule is O=C(O)C(F)(F)F.O=C1CCC2CN(CC3CCC4(CNC4)O3)c3cccc1c32. The van der Waals surface area contributed by atoms with Crippen molar-refractivity contribution in [1.82, 2.24) is 5.32 Å². The highest BCUT2D eigenvalue weighted by Crippen LogP contribution is 2.45. The molecule has 1 spiro atoms. The van der Waals surface area contributed by atoms with E-state index in [2.05, 4.69) is 16.3 Å². The molecule has 29 heavy (non-hydrogen) atoms.